The number of rotatable bonds is 5. The molecule has 2 heterocycles. The molecule has 0 bridgehead atoms. The molecule has 3 atom stereocenters. The van der Waals surface area contributed by atoms with E-state index in [0.29, 0.717) is 30.2 Å². The number of nitrogens with one attached hydrogen (secondary N) is 1. The van der Waals surface area contributed by atoms with Gasteiger partial charge >= 0.3 is 0 Å². The van der Waals surface area contributed by atoms with Crippen molar-refractivity contribution in [1.82, 2.24) is 14.8 Å². The molecule has 8 nitrogen and oxygen atoms in total. The first-order valence-electron chi connectivity index (χ1n) is 12.8. The lowest BCUT2D eigenvalue weighted by Gasteiger charge is -2.36. The molecule has 1 aliphatic heterocycles. The minimum Gasteiger partial charge on any atom is -0.491 e. The molecular formula is C28H38N4O4. The molecule has 1 N–H and O–H groups in total. The third kappa shape index (κ3) is 6.23. The number of carbonyl (C=O) groups excluding carboxylic acids is 2. The number of fused-ring (bicyclic) bond motifs is 1. The summed E-state index contributed by atoms with van der Waals surface area (Å²) in [6.45, 7) is 6.67. The number of likely N-dealkylation sites (N-methyl/N-ethyl adjacent to an activating group) is 1. The van der Waals surface area contributed by atoms with Crippen molar-refractivity contribution < 1.29 is 19.1 Å². The van der Waals surface area contributed by atoms with Crippen LogP contribution >= 0.6 is 0 Å². The van der Waals surface area contributed by atoms with Gasteiger partial charge in [0.1, 0.15) is 12.4 Å². The summed E-state index contributed by atoms with van der Waals surface area (Å²) in [6, 6.07) is 9.40. The summed E-state index contributed by atoms with van der Waals surface area (Å²) in [6.07, 6.45) is 6.51. The Morgan fingerprint density at radius 1 is 1.22 bits per heavy atom. The Morgan fingerprint density at radius 2 is 2.03 bits per heavy atom. The highest BCUT2D eigenvalue weighted by atomic mass is 16.5. The Bertz CT molecular complexity index is 1040. The number of anilines is 1. The first-order chi connectivity index (χ1) is 17.4. The van der Waals surface area contributed by atoms with Crippen molar-refractivity contribution in [1.29, 1.82) is 0 Å². The number of nitrogens with zero attached hydrogens (tertiary/aromatic N) is 3. The fourth-order valence-electron chi connectivity index (χ4n) is 4.79. The van der Waals surface area contributed by atoms with E-state index in [1.165, 1.54) is 0 Å². The summed E-state index contributed by atoms with van der Waals surface area (Å²) in [4.78, 5) is 34.2. The zero-order valence-electron chi connectivity index (χ0n) is 21.8. The molecule has 4 rings (SSSR count). The molecule has 0 spiro atoms. The number of benzene rings is 1. The highest BCUT2D eigenvalue weighted by molar-refractivity contribution is 5.99. The van der Waals surface area contributed by atoms with Crippen LogP contribution in [0.2, 0.25) is 0 Å². The van der Waals surface area contributed by atoms with Gasteiger partial charge in [-0.2, -0.15) is 0 Å². The van der Waals surface area contributed by atoms with Crippen LogP contribution in [0.25, 0.3) is 0 Å². The van der Waals surface area contributed by atoms with Crippen molar-refractivity contribution in [2.45, 2.75) is 51.8 Å². The number of amides is 2. The highest BCUT2D eigenvalue weighted by Gasteiger charge is 2.29. The van der Waals surface area contributed by atoms with Gasteiger partial charge < -0.3 is 19.7 Å². The summed E-state index contributed by atoms with van der Waals surface area (Å²) >= 11 is 0. The van der Waals surface area contributed by atoms with Crippen molar-refractivity contribution in [3.8, 4) is 5.75 Å². The fourth-order valence-corrected chi connectivity index (χ4v) is 4.79. The lowest BCUT2D eigenvalue weighted by Crippen LogP contribution is -2.46. The van der Waals surface area contributed by atoms with Crippen LogP contribution in [0.15, 0.2) is 42.7 Å². The van der Waals surface area contributed by atoms with Crippen LogP contribution in [0.5, 0.6) is 5.75 Å². The molecular weight excluding hydrogens is 456 g/mol. The second-order valence-electron chi connectivity index (χ2n) is 10.2. The van der Waals surface area contributed by atoms with Crippen LogP contribution in [0.3, 0.4) is 0 Å². The number of carbonyl (C=O) groups is 2. The normalized spacial score (nSPS) is 24.1. The average Bonchev–Trinajstić information content (AvgIpc) is 2.83. The quantitative estimate of drug-likeness (QED) is 0.680. The summed E-state index contributed by atoms with van der Waals surface area (Å²) in [7, 11) is 3.49. The van der Waals surface area contributed by atoms with Crippen LogP contribution in [0.4, 0.5) is 5.69 Å². The summed E-state index contributed by atoms with van der Waals surface area (Å²) < 4.78 is 12.1. The van der Waals surface area contributed by atoms with Crippen LogP contribution < -0.4 is 10.1 Å². The minimum absolute atomic E-state index is 0.0331. The number of pyridine rings is 1. The van der Waals surface area contributed by atoms with E-state index < -0.39 is 0 Å². The monoisotopic (exact) mass is 494 g/mol. The van der Waals surface area contributed by atoms with Crippen molar-refractivity contribution in [2.24, 2.45) is 11.8 Å². The largest absolute Gasteiger partial charge is 0.491 e. The maximum atomic E-state index is 13.4. The SMILES string of the molecule is CO[C@H]1CN(C)C(=O)c2ccc(NC(=O)C3CCC3)cc2OC[C@H](C)N(Cc2cccnc2)C[C@@H]1C. The number of ether oxygens (including phenoxy) is 2. The lowest BCUT2D eigenvalue weighted by atomic mass is 9.85. The van der Waals surface area contributed by atoms with Crippen LogP contribution in [0, 0.1) is 11.8 Å². The maximum absolute atomic E-state index is 13.4. The Balaban J connectivity index is 1.61. The van der Waals surface area contributed by atoms with Crippen LogP contribution in [0.1, 0.15) is 49.0 Å². The summed E-state index contributed by atoms with van der Waals surface area (Å²) in [5.74, 6) is 0.650. The highest BCUT2D eigenvalue weighted by Crippen LogP contribution is 2.30. The van der Waals surface area contributed by atoms with Crippen molar-refractivity contribution in [3.05, 3.63) is 53.9 Å². The summed E-state index contributed by atoms with van der Waals surface area (Å²) in [5, 5.41) is 3.00. The first-order valence-corrected chi connectivity index (χ1v) is 12.8. The van der Waals surface area contributed by atoms with E-state index in [9.17, 15) is 9.59 Å². The Hall–Kier alpha value is -2.97. The van der Waals surface area contributed by atoms with Gasteiger partial charge in [0.15, 0.2) is 0 Å². The number of methoxy groups -OCH3 is 1. The molecule has 2 amide bonds. The van der Waals surface area contributed by atoms with Gasteiger partial charge in [-0.05, 0) is 49.4 Å². The summed E-state index contributed by atoms with van der Waals surface area (Å²) in [5.41, 5.74) is 2.26. The standard InChI is InChI=1S/C28H38N4O4/c1-19-15-32(16-21-7-6-12-29-14-21)20(2)18-36-25-13-23(30-27(33)22-8-5-9-22)10-11-24(25)28(34)31(3)17-26(19)35-4/h6-7,10-14,19-20,22,26H,5,8-9,15-18H2,1-4H3,(H,30,33)/t19-,20-,26-/m0/s1. The molecule has 1 aromatic heterocycles. The zero-order chi connectivity index (χ0) is 25.7. The fraction of sp³-hybridized carbons (Fsp3) is 0.536. The second-order valence-corrected chi connectivity index (χ2v) is 10.2. The van der Waals surface area contributed by atoms with Crippen molar-refractivity contribution in [3.63, 3.8) is 0 Å². The molecule has 0 saturated heterocycles. The molecule has 1 saturated carbocycles. The first kappa shape index (κ1) is 26.1. The van der Waals surface area contributed by atoms with E-state index >= 15 is 0 Å². The van der Waals surface area contributed by atoms with E-state index in [4.69, 9.17) is 9.47 Å². The zero-order valence-corrected chi connectivity index (χ0v) is 21.8. The number of hydrogen-bond acceptors (Lipinski definition) is 6. The van der Waals surface area contributed by atoms with E-state index in [1.54, 1.807) is 43.5 Å². The predicted octanol–water partition coefficient (Wildman–Crippen LogP) is 3.83. The molecule has 2 aromatic rings. The van der Waals surface area contributed by atoms with E-state index in [-0.39, 0.29) is 35.8 Å². The molecule has 1 aliphatic carbocycles. The Kier molecular flexibility index (Phi) is 8.59. The minimum atomic E-state index is -0.128. The van der Waals surface area contributed by atoms with E-state index in [2.05, 4.69) is 35.1 Å². The van der Waals surface area contributed by atoms with Crippen molar-refractivity contribution in [2.75, 3.05) is 39.2 Å². The molecule has 194 valence electrons. The third-order valence-corrected chi connectivity index (χ3v) is 7.43. The molecule has 36 heavy (non-hydrogen) atoms. The van der Waals surface area contributed by atoms with Crippen molar-refractivity contribution >= 4 is 17.5 Å². The third-order valence-electron chi connectivity index (χ3n) is 7.43. The van der Waals surface area contributed by atoms with Crippen LogP contribution in [-0.2, 0) is 16.1 Å². The molecule has 0 unspecified atom stereocenters. The van der Waals surface area contributed by atoms with Gasteiger partial charge in [-0.15, -0.1) is 0 Å². The molecule has 2 aliphatic rings. The smallest absolute Gasteiger partial charge is 0.257 e. The van der Waals surface area contributed by atoms with Gasteiger partial charge in [0.2, 0.25) is 5.91 Å². The van der Waals surface area contributed by atoms with Crippen LogP contribution in [-0.4, -0.2) is 72.6 Å². The topological polar surface area (TPSA) is 84.0 Å². The van der Waals surface area contributed by atoms with E-state index in [0.717, 1.165) is 37.9 Å². The lowest BCUT2D eigenvalue weighted by molar-refractivity contribution is -0.122. The van der Waals surface area contributed by atoms with Gasteiger partial charge in [0, 0.05) is 69.9 Å². The van der Waals surface area contributed by atoms with Gasteiger partial charge in [-0.25, -0.2) is 0 Å². The molecule has 8 heteroatoms. The molecule has 1 fully saturated rings. The second kappa shape index (κ2) is 11.8. The number of hydrogen-bond donors (Lipinski definition) is 1. The molecule has 1 aromatic carbocycles. The van der Waals surface area contributed by atoms with Gasteiger partial charge in [-0.3, -0.25) is 19.5 Å². The number of aromatic nitrogens is 1. The molecule has 0 radical (unpaired) electrons. The van der Waals surface area contributed by atoms with Gasteiger partial charge in [0.25, 0.3) is 5.91 Å². The van der Waals surface area contributed by atoms with Gasteiger partial charge in [0.05, 0.1) is 11.7 Å². The van der Waals surface area contributed by atoms with Gasteiger partial charge in [-0.1, -0.05) is 19.4 Å². The predicted molar refractivity (Wildman–Crippen MR) is 139 cm³/mol. The Labute approximate surface area is 214 Å². The Morgan fingerprint density at radius 3 is 2.69 bits per heavy atom. The van der Waals surface area contributed by atoms with E-state index in [1.807, 2.05) is 12.3 Å². The average molecular weight is 495 g/mol. The maximum Gasteiger partial charge on any atom is 0.257 e.